The van der Waals surface area contributed by atoms with E-state index in [1.54, 1.807) is 26.2 Å². The Kier molecular flexibility index (Phi) is 5.41. The number of carbonyl (C=O) groups is 1. The van der Waals surface area contributed by atoms with Crippen LogP contribution in [0.5, 0.6) is 0 Å². The number of aryl methyl sites for hydroxylation is 1. The Hall–Kier alpha value is -3.39. The minimum absolute atomic E-state index is 0.0346. The second-order valence-corrected chi connectivity index (χ2v) is 7.79. The van der Waals surface area contributed by atoms with Gasteiger partial charge in [-0.25, -0.2) is 9.37 Å². The maximum Gasteiger partial charge on any atom is 0.278 e. The molecule has 0 spiro atoms. The van der Waals surface area contributed by atoms with E-state index in [0.717, 1.165) is 28.5 Å². The summed E-state index contributed by atoms with van der Waals surface area (Å²) in [7, 11) is 1.62. The highest BCUT2D eigenvalue weighted by Crippen LogP contribution is 2.27. The Bertz CT molecular complexity index is 1300. The number of nitrogens with zero attached hydrogens (tertiary/aromatic N) is 2. The van der Waals surface area contributed by atoms with Crippen LogP contribution >= 0.6 is 11.8 Å². The van der Waals surface area contributed by atoms with Gasteiger partial charge in [-0.1, -0.05) is 48.2 Å². The van der Waals surface area contributed by atoms with E-state index >= 15 is 0 Å². The fraction of sp³-hybridized carbons (Fsp3) is 0.136. The molecule has 30 heavy (non-hydrogen) atoms. The third-order valence-corrected chi connectivity index (χ3v) is 5.79. The molecule has 152 valence electrons. The zero-order valence-electron chi connectivity index (χ0n) is 16.4. The molecule has 0 saturated carbocycles. The molecule has 4 rings (SSSR count). The zero-order valence-corrected chi connectivity index (χ0v) is 17.2. The van der Waals surface area contributed by atoms with Crippen molar-refractivity contribution in [3.05, 3.63) is 76.5 Å². The Morgan fingerprint density at radius 2 is 2.00 bits per heavy atom. The predicted molar refractivity (Wildman–Crippen MR) is 117 cm³/mol. The largest absolute Gasteiger partial charge is 0.355 e. The zero-order chi connectivity index (χ0) is 21.3. The Morgan fingerprint density at radius 1 is 1.23 bits per heavy atom. The number of carbonyl (C=O) groups excluding carboxylic acids is 1. The van der Waals surface area contributed by atoms with Gasteiger partial charge in [-0.05, 0) is 30.2 Å². The number of thioether (sulfide) groups is 1. The molecule has 0 radical (unpaired) electrons. The summed E-state index contributed by atoms with van der Waals surface area (Å²) in [5.41, 5.74) is 3.72. The highest BCUT2D eigenvalue weighted by Gasteiger charge is 2.16. The lowest BCUT2D eigenvalue weighted by Crippen LogP contribution is -2.21. The van der Waals surface area contributed by atoms with Crippen LogP contribution < -0.4 is 10.9 Å². The smallest absolute Gasteiger partial charge is 0.278 e. The molecule has 0 unspecified atom stereocenters. The minimum atomic E-state index is -0.418. The van der Waals surface area contributed by atoms with Gasteiger partial charge in [0, 0.05) is 24.5 Å². The van der Waals surface area contributed by atoms with E-state index in [2.05, 4.69) is 15.3 Å². The minimum Gasteiger partial charge on any atom is -0.355 e. The molecule has 0 saturated heterocycles. The molecule has 1 amide bonds. The molecule has 2 aromatic heterocycles. The van der Waals surface area contributed by atoms with E-state index in [9.17, 15) is 14.0 Å². The average molecular weight is 422 g/mol. The first-order chi connectivity index (χ1) is 14.4. The van der Waals surface area contributed by atoms with Gasteiger partial charge in [0.05, 0.1) is 5.75 Å². The van der Waals surface area contributed by atoms with Crippen molar-refractivity contribution in [2.45, 2.75) is 12.1 Å². The Balaban J connectivity index is 1.59. The highest BCUT2D eigenvalue weighted by atomic mass is 32.2. The van der Waals surface area contributed by atoms with Crippen molar-refractivity contribution in [2.24, 2.45) is 7.05 Å². The third kappa shape index (κ3) is 3.86. The van der Waals surface area contributed by atoms with Gasteiger partial charge in [-0.15, -0.1) is 0 Å². The highest BCUT2D eigenvalue weighted by molar-refractivity contribution is 7.99. The van der Waals surface area contributed by atoms with Crippen LogP contribution in [0.4, 0.5) is 10.1 Å². The van der Waals surface area contributed by atoms with Crippen LogP contribution in [0.2, 0.25) is 0 Å². The van der Waals surface area contributed by atoms with Gasteiger partial charge in [0.15, 0.2) is 5.16 Å². The number of amides is 1. The van der Waals surface area contributed by atoms with Gasteiger partial charge >= 0.3 is 0 Å². The van der Waals surface area contributed by atoms with Crippen LogP contribution in [0.1, 0.15) is 5.56 Å². The van der Waals surface area contributed by atoms with Gasteiger partial charge in [0.25, 0.3) is 5.56 Å². The van der Waals surface area contributed by atoms with Crippen LogP contribution in [0.15, 0.2) is 64.7 Å². The number of fused-ring (bicyclic) bond motifs is 1. The Labute approximate surface area is 176 Å². The second kappa shape index (κ2) is 8.16. The molecule has 4 aromatic rings. The van der Waals surface area contributed by atoms with E-state index in [-0.39, 0.29) is 17.2 Å². The Morgan fingerprint density at radius 3 is 2.77 bits per heavy atom. The molecule has 0 atom stereocenters. The van der Waals surface area contributed by atoms with Crippen LogP contribution in [-0.2, 0) is 11.8 Å². The average Bonchev–Trinajstić information content (AvgIpc) is 3.17. The lowest BCUT2D eigenvalue weighted by atomic mass is 10.1. The molecule has 8 heteroatoms. The van der Waals surface area contributed by atoms with Crippen LogP contribution in [0.3, 0.4) is 0 Å². The first-order valence-corrected chi connectivity index (χ1v) is 10.2. The lowest BCUT2D eigenvalue weighted by Gasteiger charge is -2.10. The number of hydrogen-bond acceptors (Lipinski definition) is 4. The van der Waals surface area contributed by atoms with Crippen molar-refractivity contribution in [1.29, 1.82) is 0 Å². The fourth-order valence-electron chi connectivity index (χ4n) is 3.13. The summed E-state index contributed by atoms with van der Waals surface area (Å²) >= 11 is 1.15. The molecular weight excluding hydrogens is 403 g/mol. The second-order valence-electron chi connectivity index (χ2n) is 6.85. The number of aromatic nitrogens is 3. The molecule has 0 aliphatic heterocycles. The number of hydrogen-bond donors (Lipinski definition) is 2. The summed E-state index contributed by atoms with van der Waals surface area (Å²) < 4.78 is 14.8. The third-order valence-electron chi connectivity index (χ3n) is 4.76. The monoisotopic (exact) mass is 422 g/mol. The first-order valence-electron chi connectivity index (χ1n) is 9.26. The maximum atomic E-state index is 13.4. The molecule has 2 heterocycles. The summed E-state index contributed by atoms with van der Waals surface area (Å²) in [5.74, 6) is -0.688. The quantitative estimate of drug-likeness (QED) is 0.375. The van der Waals surface area contributed by atoms with Crippen molar-refractivity contribution in [1.82, 2.24) is 14.5 Å². The number of H-pyrrole nitrogens is 1. The standard InChI is InChI=1S/C22H19FN4O2S/c1-13-8-9-15(23)10-17(13)25-18(28)12-30-22-26-19-16(14-6-4-3-5-7-14)11-24-20(19)21(29)27(22)2/h3-11,24H,12H2,1-2H3,(H,25,28). The molecule has 0 bridgehead atoms. The normalized spacial score (nSPS) is 11.0. The van der Waals surface area contributed by atoms with Gasteiger partial charge < -0.3 is 10.3 Å². The van der Waals surface area contributed by atoms with E-state index in [1.807, 2.05) is 30.3 Å². The van der Waals surface area contributed by atoms with E-state index in [0.29, 0.717) is 21.9 Å². The van der Waals surface area contributed by atoms with Gasteiger partial charge in [-0.3, -0.25) is 14.2 Å². The molecule has 6 nitrogen and oxygen atoms in total. The number of benzene rings is 2. The number of rotatable bonds is 5. The van der Waals surface area contributed by atoms with E-state index in [4.69, 9.17) is 0 Å². The molecule has 2 N–H and O–H groups in total. The predicted octanol–water partition coefficient (Wildman–Crippen LogP) is 4.11. The van der Waals surface area contributed by atoms with Crippen molar-refractivity contribution in [3.63, 3.8) is 0 Å². The summed E-state index contributed by atoms with van der Waals surface area (Å²) in [4.78, 5) is 32.8. The summed E-state index contributed by atoms with van der Waals surface area (Å²) in [6.45, 7) is 1.79. The first kappa shape index (κ1) is 19.9. The fourth-order valence-corrected chi connectivity index (χ4v) is 3.90. The SMILES string of the molecule is Cc1ccc(F)cc1NC(=O)CSc1nc2c(-c3ccccc3)c[nH]c2c(=O)n1C. The summed E-state index contributed by atoms with van der Waals surface area (Å²) in [5, 5.41) is 3.13. The molecule has 0 aliphatic carbocycles. The van der Waals surface area contributed by atoms with Gasteiger partial charge in [0.1, 0.15) is 16.9 Å². The van der Waals surface area contributed by atoms with E-state index in [1.165, 1.54) is 16.7 Å². The number of aromatic amines is 1. The summed E-state index contributed by atoms with van der Waals surface area (Å²) in [6.07, 6.45) is 1.77. The van der Waals surface area contributed by atoms with Crippen LogP contribution in [-0.4, -0.2) is 26.2 Å². The topological polar surface area (TPSA) is 79.8 Å². The molecular formula is C22H19FN4O2S. The van der Waals surface area contributed by atoms with Gasteiger partial charge in [0.2, 0.25) is 5.91 Å². The number of halogens is 1. The summed E-state index contributed by atoms with van der Waals surface area (Å²) in [6, 6.07) is 13.9. The lowest BCUT2D eigenvalue weighted by molar-refractivity contribution is -0.113. The molecule has 0 aliphatic rings. The van der Waals surface area contributed by atoms with E-state index < -0.39 is 5.82 Å². The number of anilines is 1. The van der Waals surface area contributed by atoms with Gasteiger partial charge in [-0.2, -0.15) is 0 Å². The maximum absolute atomic E-state index is 13.4. The van der Waals surface area contributed by atoms with Crippen molar-refractivity contribution in [3.8, 4) is 11.1 Å². The van der Waals surface area contributed by atoms with Crippen LogP contribution in [0.25, 0.3) is 22.2 Å². The van der Waals surface area contributed by atoms with Crippen molar-refractivity contribution >= 4 is 34.4 Å². The van der Waals surface area contributed by atoms with Crippen molar-refractivity contribution < 1.29 is 9.18 Å². The van der Waals surface area contributed by atoms with Crippen LogP contribution in [0, 0.1) is 12.7 Å². The molecule has 0 fully saturated rings. The molecule has 2 aromatic carbocycles. The van der Waals surface area contributed by atoms with Crippen molar-refractivity contribution in [2.75, 3.05) is 11.1 Å². The number of nitrogens with one attached hydrogen (secondary N) is 2.